The van der Waals surface area contributed by atoms with E-state index in [1.807, 2.05) is 16.7 Å². The summed E-state index contributed by atoms with van der Waals surface area (Å²) in [4.78, 5) is 30.7. The summed E-state index contributed by atoms with van der Waals surface area (Å²) in [5.74, 6) is -0.564. The van der Waals surface area contributed by atoms with Crippen molar-refractivity contribution in [1.29, 1.82) is 0 Å². The lowest BCUT2D eigenvalue weighted by Gasteiger charge is -2.41. The van der Waals surface area contributed by atoms with Gasteiger partial charge >= 0.3 is 0 Å². The maximum atomic E-state index is 14.7. The molecule has 0 spiro atoms. The van der Waals surface area contributed by atoms with Crippen LogP contribution in [-0.4, -0.2) is 79.0 Å². The summed E-state index contributed by atoms with van der Waals surface area (Å²) in [7, 11) is 0. The van der Waals surface area contributed by atoms with E-state index in [-0.39, 0.29) is 17.6 Å². The first-order valence-electron chi connectivity index (χ1n) is 9.79. The maximum Gasteiger partial charge on any atom is 0.295 e. The fourth-order valence-electron chi connectivity index (χ4n) is 4.13. The molecule has 0 radical (unpaired) electrons. The number of hydrogen-bond acceptors (Lipinski definition) is 6. The molecule has 0 aliphatic carbocycles. The number of nitrogens with zero attached hydrogens (tertiary/aromatic N) is 5. The number of anilines is 2. The molecule has 1 amide bonds. The lowest BCUT2D eigenvalue weighted by molar-refractivity contribution is -0.384. The van der Waals surface area contributed by atoms with Gasteiger partial charge in [0.1, 0.15) is 5.69 Å². The SMILES string of the molecule is CCN1CCN(c2cc(N3CCN(C(C)=O)[C@@H](C)C3)c([N+](=O)[O-])cc2F)CC1. The zero-order valence-corrected chi connectivity index (χ0v) is 16.7. The third kappa shape index (κ3) is 4.04. The van der Waals surface area contributed by atoms with Gasteiger partial charge in [0.15, 0.2) is 5.82 Å². The van der Waals surface area contributed by atoms with E-state index >= 15 is 0 Å². The van der Waals surface area contributed by atoms with Crippen molar-refractivity contribution < 1.29 is 14.1 Å². The third-order valence-corrected chi connectivity index (χ3v) is 5.77. The molecule has 1 aromatic rings. The Morgan fingerprint density at radius 2 is 1.79 bits per heavy atom. The number of benzene rings is 1. The Morgan fingerprint density at radius 3 is 2.32 bits per heavy atom. The molecule has 2 heterocycles. The maximum absolute atomic E-state index is 14.7. The van der Waals surface area contributed by atoms with E-state index in [0.717, 1.165) is 25.7 Å². The Bertz CT molecular complexity index is 751. The number of nitro benzene ring substituents is 1. The van der Waals surface area contributed by atoms with Crippen molar-refractivity contribution in [1.82, 2.24) is 9.80 Å². The number of carbonyl (C=O) groups excluding carboxylic acids is 1. The fourth-order valence-corrected chi connectivity index (χ4v) is 4.13. The zero-order chi connectivity index (χ0) is 20.4. The monoisotopic (exact) mass is 393 g/mol. The number of hydrogen-bond donors (Lipinski definition) is 0. The third-order valence-electron chi connectivity index (χ3n) is 5.77. The van der Waals surface area contributed by atoms with E-state index < -0.39 is 10.7 Å². The number of halogens is 1. The van der Waals surface area contributed by atoms with Gasteiger partial charge in [0.05, 0.1) is 16.7 Å². The van der Waals surface area contributed by atoms with Gasteiger partial charge in [-0.3, -0.25) is 14.9 Å². The second-order valence-corrected chi connectivity index (χ2v) is 7.48. The van der Waals surface area contributed by atoms with Crippen LogP contribution in [0.25, 0.3) is 0 Å². The van der Waals surface area contributed by atoms with Crippen molar-refractivity contribution in [3.05, 3.63) is 28.1 Å². The van der Waals surface area contributed by atoms with E-state index in [1.54, 1.807) is 11.0 Å². The van der Waals surface area contributed by atoms with Gasteiger partial charge in [-0.1, -0.05) is 6.92 Å². The highest BCUT2D eigenvalue weighted by Crippen LogP contribution is 2.36. The fraction of sp³-hybridized carbons (Fsp3) is 0.632. The van der Waals surface area contributed by atoms with Crippen LogP contribution in [0.3, 0.4) is 0 Å². The highest BCUT2D eigenvalue weighted by Gasteiger charge is 2.31. The lowest BCUT2D eigenvalue weighted by Crippen LogP contribution is -2.53. The summed E-state index contributed by atoms with van der Waals surface area (Å²) in [6.45, 7) is 11.0. The van der Waals surface area contributed by atoms with Crippen molar-refractivity contribution in [2.45, 2.75) is 26.8 Å². The van der Waals surface area contributed by atoms with E-state index in [4.69, 9.17) is 0 Å². The molecular formula is C19H28FN5O3. The topological polar surface area (TPSA) is 73.2 Å². The highest BCUT2D eigenvalue weighted by atomic mass is 19.1. The number of likely N-dealkylation sites (N-methyl/N-ethyl adjacent to an activating group) is 1. The van der Waals surface area contributed by atoms with Crippen molar-refractivity contribution in [3.63, 3.8) is 0 Å². The van der Waals surface area contributed by atoms with E-state index in [0.29, 0.717) is 44.1 Å². The van der Waals surface area contributed by atoms with Gasteiger partial charge < -0.3 is 19.6 Å². The summed E-state index contributed by atoms with van der Waals surface area (Å²) in [6, 6.07) is 2.59. The van der Waals surface area contributed by atoms with Crippen LogP contribution in [0.1, 0.15) is 20.8 Å². The molecule has 3 rings (SSSR count). The van der Waals surface area contributed by atoms with Crippen molar-refractivity contribution in [3.8, 4) is 0 Å². The Morgan fingerprint density at radius 1 is 1.14 bits per heavy atom. The molecule has 2 saturated heterocycles. The predicted octanol–water partition coefficient (Wildman–Crippen LogP) is 1.93. The number of rotatable bonds is 4. The Hall–Kier alpha value is -2.42. The standard InChI is InChI=1S/C19H28FN5O3/c1-4-21-5-7-22(8-6-21)17-12-18(19(25(27)28)11-16(17)20)23-9-10-24(15(3)26)14(2)13-23/h11-12,14H,4-10,13H2,1-3H3/t14-/m0/s1. The second-order valence-electron chi connectivity index (χ2n) is 7.48. The molecule has 2 fully saturated rings. The van der Waals surface area contributed by atoms with Gasteiger partial charge in [-0.15, -0.1) is 0 Å². The number of piperazine rings is 2. The van der Waals surface area contributed by atoms with Crippen LogP contribution in [-0.2, 0) is 4.79 Å². The molecule has 2 aliphatic heterocycles. The quantitative estimate of drug-likeness (QED) is 0.575. The molecule has 0 N–H and O–H groups in total. The van der Waals surface area contributed by atoms with Gasteiger partial charge in [-0.2, -0.15) is 0 Å². The minimum absolute atomic E-state index is 0.00441. The number of nitro groups is 1. The summed E-state index contributed by atoms with van der Waals surface area (Å²) in [6.07, 6.45) is 0. The van der Waals surface area contributed by atoms with Gasteiger partial charge in [-0.25, -0.2) is 4.39 Å². The Labute approximate surface area is 164 Å². The van der Waals surface area contributed by atoms with Gasteiger partial charge in [0, 0.05) is 58.8 Å². The first kappa shape index (κ1) is 20.3. The molecule has 28 heavy (non-hydrogen) atoms. The van der Waals surface area contributed by atoms with Crippen LogP contribution >= 0.6 is 0 Å². The van der Waals surface area contributed by atoms with E-state index in [1.165, 1.54) is 6.92 Å². The van der Waals surface area contributed by atoms with Crippen LogP contribution in [0, 0.1) is 15.9 Å². The molecule has 1 atom stereocenters. The van der Waals surface area contributed by atoms with Crippen molar-refractivity contribution in [2.75, 3.05) is 62.2 Å². The first-order valence-corrected chi connectivity index (χ1v) is 9.79. The largest absolute Gasteiger partial charge is 0.367 e. The van der Waals surface area contributed by atoms with Crippen molar-refractivity contribution >= 4 is 23.0 Å². The minimum Gasteiger partial charge on any atom is -0.367 e. The van der Waals surface area contributed by atoms with Crippen LogP contribution < -0.4 is 9.80 Å². The average Bonchev–Trinajstić information content (AvgIpc) is 2.67. The summed E-state index contributed by atoms with van der Waals surface area (Å²) in [5, 5.41) is 11.6. The molecule has 1 aromatic carbocycles. The molecule has 8 nitrogen and oxygen atoms in total. The van der Waals surface area contributed by atoms with Gasteiger partial charge in [0.25, 0.3) is 5.69 Å². The summed E-state index contributed by atoms with van der Waals surface area (Å²) < 4.78 is 14.7. The van der Waals surface area contributed by atoms with Crippen LogP contribution in [0.15, 0.2) is 12.1 Å². The molecule has 0 unspecified atom stereocenters. The highest BCUT2D eigenvalue weighted by molar-refractivity contribution is 5.75. The zero-order valence-electron chi connectivity index (χ0n) is 16.7. The first-order chi connectivity index (χ1) is 13.3. The molecule has 0 bridgehead atoms. The molecule has 0 saturated carbocycles. The average molecular weight is 393 g/mol. The summed E-state index contributed by atoms with van der Waals surface area (Å²) in [5.41, 5.74) is 0.615. The molecule has 0 aromatic heterocycles. The molecular weight excluding hydrogens is 365 g/mol. The summed E-state index contributed by atoms with van der Waals surface area (Å²) >= 11 is 0. The molecule has 154 valence electrons. The lowest BCUT2D eigenvalue weighted by atomic mass is 10.1. The minimum atomic E-state index is -0.559. The van der Waals surface area contributed by atoms with Crippen molar-refractivity contribution in [2.24, 2.45) is 0 Å². The molecule has 9 heteroatoms. The van der Waals surface area contributed by atoms with Gasteiger partial charge in [-0.05, 0) is 19.5 Å². The predicted molar refractivity (Wildman–Crippen MR) is 106 cm³/mol. The Kier molecular flexibility index (Phi) is 6.02. The van der Waals surface area contributed by atoms with Crippen LogP contribution in [0.2, 0.25) is 0 Å². The van der Waals surface area contributed by atoms with E-state index in [9.17, 15) is 19.3 Å². The number of amides is 1. The van der Waals surface area contributed by atoms with Gasteiger partial charge in [0.2, 0.25) is 5.91 Å². The normalized spacial score (nSPS) is 21.1. The Balaban J connectivity index is 1.89. The van der Waals surface area contributed by atoms with Crippen LogP contribution in [0.4, 0.5) is 21.5 Å². The number of carbonyl (C=O) groups is 1. The second kappa shape index (κ2) is 8.30. The van der Waals surface area contributed by atoms with Crippen LogP contribution in [0.5, 0.6) is 0 Å². The smallest absolute Gasteiger partial charge is 0.295 e. The van der Waals surface area contributed by atoms with E-state index in [2.05, 4.69) is 11.8 Å². The molecule has 2 aliphatic rings.